The SMILES string of the molecule is CC(C)Cc1ccc(CC(=O)Nc2ccc(N3CCNC3=O)cc2)cc1. The molecule has 3 rings (SSSR count). The third-order valence-electron chi connectivity index (χ3n) is 4.35. The van der Waals surface area contributed by atoms with E-state index in [0.29, 0.717) is 25.4 Å². The number of hydrogen-bond acceptors (Lipinski definition) is 2. The van der Waals surface area contributed by atoms with Gasteiger partial charge in [-0.1, -0.05) is 38.1 Å². The number of hydrogen-bond donors (Lipinski definition) is 2. The smallest absolute Gasteiger partial charge is 0.321 e. The molecule has 0 saturated carbocycles. The highest BCUT2D eigenvalue weighted by Crippen LogP contribution is 2.20. The van der Waals surface area contributed by atoms with Crippen molar-refractivity contribution in [2.24, 2.45) is 5.92 Å². The van der Waals surface area contributed by atoms with Gasteiger partial charge in [-0.25, -0.2) is 4.79 Å². The van der Waals surface area contributed by atoms with E-state index in [1.165, 1.54) is 5.56 Å². The minimum Gasteiger partial charge on any atom is -0.336 e. The predicted octanol–water partition coefficient (Wildman–Crippen LogP) is 3.60. The fraction of sp³-hybridized carbons (Fsp3) is 0.333. The van der Waals surface area contributed by atoms with E-state index >= 15 is 0 Å². The van der Waals surface area contributed by atoms with Crippen molar-refractivity contribution < 1.29 is 9.59 Å². The maximum absolute atomic E-state index is 12.3. The zero-order valence-electron chi connectivity index (χ0n) is 15.3. The third-order valence-corrected chi connectivity index (χ3v) is 4.35. The second-order valence-electron chi connectivity index (χ2n) is 7.07. The van der Waals surface area contributed by atoms with E-state index in [9.17, 15) is 9.59 Å². The van der Waals surface area contributed by atoms with Crippen molar-refractivity contribution in [2.75, 3.05) is 23.3 Å². The molecule has 0 radical (unpaired) electrons. The van der Waals surface area contributed by atoms with E-state index in [4.69, 9.17) is 0 Å². The molecule has 0 atom stereocenters. The maximum Gasteiger partial charge on any atom is 0.321 e. The van der Waals surface area contributed by atoms with E-state index in [0.717, 1.165) is 23.4 Å². The average Bonchev–Trinajstić information content (AvgIpc) is 3.03. The van der Waals surface area contributed by atoms with Crippen molar-refractivity contribution in [1.29, 1.82) is 0 Å². The number of benzene rings is 2. The van der Waals surface area contributed by atoms with Crippen molar-refractivity contribution >= 4 is 23.3 Å². The molecule has 2 N–H and O–H groups in total. The molecule has 2 aromatic carbocycles. The first-order valence-corrected chi connectivity index (χ1v) is 9.04. The molecule has 1 heterocycles. The van der Waals surface area contributed by atoms with E-state index in [2.05, 4.69) is 36.6 Å². The Balaban J connectivity index is 1.55. The summed E-state index contributed by atoms with van der Waals surface area (Å²) in [7, 11) is 0. The number of carbonyl (C=O) groups is 2. The first-order valence-electron chi connectivity index (χ1n) is 9.04. The third kappa shape index (κ3) is 4.63. The van der Waals surface area contributed by atoms with E-state index < -0.39 is 0 Å². The maximum atomic E-state index is 12.3. The highest BCUT2D eigenvalue weighted by atomic mass is 16.2. The molecule has 1 fully saturated rings. The van der Waals surface area contributed by atoms with Gasteiger partial charge >= 0.3 is 6.03 Å². The Kier molecular flexibility index (Phi) is 5.56. The Morgan fingerprint density at radius 2 is 1.73 bits per heavy atom. The molecule has 0 aromatic heterocycles. The summed E-state index contributed by atoms with van der Waals surface area (Å²) in [6.07, 6.45) is 1.39. The van der Waals surface area contributed by atoms with Gasteiger partial charge in [0.15, 0.2) is 0 Å². The zero-order valence-corrected chi connectivity index (χ0v) is 15.3. The lowest BCUT2D eigenvalue weighted by Crippen LogP contribution is -2.27. The Morgan fingerprint density at radius 3 is 2.31 bits per heavy atom. The van der Waals surface area contributed by atoms with Gasteiger partial charge in [0, 0.05) is 24.5 Å². The van der Waals surface area contributed by atoms with Crippen molar-refractivity contribution in [3.05, 3.63) is 59.7 Å². The Morgan fingerprint density at radius 1 is 1.08 bits per heavy atom. The van der Waals surface area contributed by atoms with Crippen LogP contribution in [-0.4, -0.2) is 25.0 Å². The Hall–Kier alpha value is -2.82. The van der Waals surface area contributed by atoms with Gasteiger partial charge in [0.25, 0.3) is 0 Å². The molecule has 5 nitrogen and oxygen atoms in total. The molecule has 26 heavy (non-hydrogen) atoms. The average molecular weight is 351 g/mol. The van der Waals surface area contributed by atoms with E-state index in [1.807, 2.05) is 36.4 Å². The fourth-order valence-electron chi connectivity index (χ4n) is 3.10. The van der Waals surface area contributed by atoms with Crippen LogP contribution in [0.15, 0.2) is 48.5 Å². The number of amides is 3. The fourth-order valence-corrected chi connectivity index (χ4v) is 3.10. The molecule has 1 aliphatic heterocycles. The van der Waals surface area contributed by atoms with Crippen LogP contribution in [0.3, 0.4) is 0 Å². The Bertz CT molecular complexity index is 767. The van der Waals surface area contributed by atoms with Crippen LogP contribution in [0.2, 0.25) is 0 Å². The standard InChI is InChI=1S/C21H25N3O2/c1-15(2)13-16-3-5-17(6-4-16)14-20(25)23-18-7-9-19(10-8-18)24-12-11-22-21(24)26/h3-10,15H,11-14H2,1-2H3,(H,22,26)(H,23,25). The summed E-state index contributed by atoms with van der Waals surface area (Å²) in [6, 6.07) is 15.5. The van der Waals surface area contributed by atoms with E-state index in [1.54, 1.807) is 4.90 Å². The first-order chi connectivity index (χ1) is 12.5. The van der Waals surface area contributed by atoms with Crippen molar-refractivity contribution in [1.82, 2.24) is 5.32 Å². The number of carbonyl (C=O) groups excluding carboxylic acids is 2. The number of nitrogens with one attached hydrogen (secondary N) is 2. The minimum atomic E-state index is -0.0808. The van der Waals surface area contributed by atoms with Gasteiger partial charge in [0.2, 0.25) is 5.91 Å². The van der Waals surface area contributed by atoms with Gasteiger partial charge in [0.1, 0.15) is 0 Å². The quantitative estimate of drug-likeness (QED) is 0.835. The predicted molar refractivity (Wildman–Crippen MR) is 105 cm³/mol. The molecule has 2 aromatic rings. The molecule has 0 unspecified atom stereocenters. The van der Waals surface area contributed by atoms with Crippen LogP contribution in [0.1, 0.15) is 25.0 Å². The van der Waals surface area contributed by atoms with Crippen LogP contribution >= 0.6 is 0 Å². The monoisotopic (exact) mass is 351 g/mol. The lowest BCUT2D eigenvalue weighted by Gasteiger charge is -2.14. The summed E-state index contributed by atoms with van der Waals surface area (Å²) < 4.78 is 0. The van der Waals surface area contributed by atoms with Gasteiger partial charge in [-0.2, -0.15) is 0 Å². The lowest BCUT2D eigenvalue weighted by molar-refractivity contribution is -0.115. The van der Waals surface area contributed by atoms with Crippen molar-refractivity contribution in [3.8, 4) is 0 Å². The molecular weight excluding hydrogens is 326 g/mol. The molecule has 1 aliphatic rings. The van der Waals surface area contributed by atoms with Crippen LogP contribution in [0.5, 0.6) is 0 Å². The van der Waals surface area contributed by atoms with Gasteiger partial charge in [-0.05, 0) is 47.7 Å². The summed E-state index contributed by atoms with van der Waals surface area (Å²) in [5, 5.41) is 5.68. The largest absolute Gasteiger partial charge is 0.336 e. The first kappa shape index (κ1) is 18.0. The van der Waals surface area contributed by atoms with Crippen LogP contribution in [-0.2, 0) is 17.6 Å². The molecule has 5 heteroatoms. The molecule has 0 aliphatic carbocycles. The summed E-state index contributed by atoms with van der Waals surface area (Å²) in [6.45, 7) is 5.72. The summed E-state index contributed by atoms with van der Waals surface area (Å²) in [4.78, 5) is 25.6. The van der Waals surface area contributed by atoms with Gasteiger partial charge in [0.05, 0.1) is 6.42 Å². The minimum absolute atomic E-state index is 0.0479. The second-order valence-corrected chi connectivity index (χ2v) is 7.07. The number of urea groups is 1. The molecule has 1 saturated heterocycles. The van der Waals surface area contributed by atoms with Gasteiger partial charge < -0.3 is 10.6 Å². The molecule has 0 bridgehead atoms. The highest BCUT2D eigenvalue weighted by molar-refractivity contribution is 5.95. The molecule has 0 spiro atoms. The summed E-state index contributed by atoms with van der Waals surface area (Å²) in [5.41, 5.74) is 3.86. The molecular formula is C21H25N3O2. The molecule has 3 amide bonds. The van der Waals surface area contributed by atoms with Crippen LogP contribution in [0.4, 0.5) is 16.2 Å². The number of anilines is 2. The van der Waals surface area contributed by atoms with Crippen LogP contribution < -0.4 is 15.5 Å². The molecule has 136 valence electrons. The van der Waals surface area contributed by atoms with Gasteiger partial charge in [-0.3, -0.25) is 9.69 Å². The Labute approximate surface area is 154 Å². The summed E-state index contributed by atoms with van der Waals surface area (Å²) in [5.74, 6) is 0.576. The highest BCUT2D eigenvalue weighted by Gasteiger charge is 2.20. The van der Waals surface area contributed by atoms with Crippen LogP contribution in [0.25, 0.3) is 0 Å². The number of rotatable bonds is 6. The van der Waals surface area contributed by atoms with Gasteiger partial charge in [-0.15, -0.1) is 0 Å². The topological polar surface area (TPSA) is 61.4 Å². The number of nitrogens with zero attached hydrogens (tertiary/aromatic N) is 1. The second kappa shape index (κ2) is 8.04. The van der Waals surface area contributed by atoms with Crippen LogP contribution in [0, 0.1) is 5.92 Å². The zero-order chi connectivity index (χ0) is 18.5. The van der Waals surface area contributed by atoms with E-state index in [-0.39, 0.29) is 11.9 Å². The van der Waals surface area contributed by atoms with Crippen molar-refractivity contribution in [3.63, 3.8) is 0 Å². The van der Waals surface area contributed by atoms with Crippen molar-refractivity contribution in [2.45, 2.75) is 26.7 Å². The summed E-state index contributed by atoms with van der Waals surface area (Å²) >= 11 is 0. The lowest BCUT2D eigenvalue weighted by atomic mass is 10.0. The normalized spacial score (nSPS) is 13.8.